The SMILES string of the molecule is CCOC(=O)CCCS(=O)(=O)N(C)C(C)C(=O)O. The van der Waals surface area contributed by atoms with Gasteiger partial charge in [-0.05, 0) is 20.3 Å². The summed E-state index contributed by atoms with van der Waals surface area (Å²) >= 11 is 0. The second-order valence-corrected chi connectivity index (χ2v) is 5.90. The zero-order valence-corrected chi connectivity index (χ0v) is 11.6. The van der Waals surface area contributed by atoms with Crippen molar-refractivity contribution in [3.8, 4) is 0 Å². The number of nitrogens with zero attached hydrogens (tertiary/aromatic N) is 1. The van der Waals surface area contributed by atoms with E-state index in [4.69, 9.17) is 5.11 Å². The average Bonchev–Trinajstić information content (AvgIpc) is 2.26. The maximum atomic E-state index is 11.7. The number of carbonyl (C=O) groups is 2. The van der Waals surface area contributed by atoms with E-state index in [0.29, 0.717) is 0 Å². The van der Waals surface area contributed by atoms with Crippen molar-refractivity contribution in [2.24, 2.45) is 0 Å². The van der Waals surface area contributed by atoms with Crippen LogP contribution >= 0.6 is 0 Å². The number of sulfonamides is 1. The molecule has 1 N–H and O–H groups in total. The first-order valence-electron chi connectivity index (χ1n) is 5.56. The number of carboxylic acid groups (broad SMARTS) is 1. The van der Waals surface area contributed by atoms with Gasteiger partial charge in [-0.25, -0.2) is 8.42 Å². The van der Waals surface area contributed by atoms with Crippen LogP contribution in [-0.2, 0) is 24.3 Å². The Morgan fingerprint density at radius 3 is 2.39 bits per heavy atom. The Hall–Kier alpha value is -1.15. The zero-order valence-electron chi connectivity index (χ0n) is 10.7. The van der Waals surface area contributed by atoms with Crippen molar-refractivity contribution in [2.75, 3.05) is 19.4 Å². The van der Waals surface area contributed by atoms with E-state index < -0.39 is 28.0 Å². The molecule has 0 saturated carbocycles. The number of likely N-dealkylation sites (N-methyl/N-ethyl adjacent to an activating group) is 1. The maximum Gasteiger partial charge on any atom is 0.321 e. The summed E-state index contributed by atoms with van der Waals surface area (Å²) in [6.45, 7) is 3.20. The molecule has 0 aliphatic heterocycles. The first-order valence-corrected chi connectivity index (χ1v) is 7.17. The van der Waals surface area contributed by atoms with Crippen LogP contribution in [0.3, 0.4) is 0 Å². The molecule has 0 radical (unpaired) electrons. The fraction of sp³-hybridized carbons (Fsp3) is 0.800. The molecule has 0 spiro atoms. The molecule has 1 atom stereocenters. The van der Waals surface area contributed by atoms with Crippen LogP contribution < -0.4 is 0 Å². The fourth-order valence-corrected chi connectivity index (χ4v) is 2.54. The van der Waals surface area contributed by atoms with Gasteiger partial charge in [0.1, 0.15) is 6.04 Å². The summed E-state index contributed by atoms with van der Waals surface area (Å²) in [5.74, 6) is -1.95. The molecular weight excluding hydrogens is 262 g/mol. The van der Waals surface area contributed by atoms with Crippen molar-refractivity contribution in [1.29, 1.82) is 0 Å². The molecule has 0 aromatic carbocycles. The normalized spacial score (nSPS) is 13.3. The van der Waals surface area contributed by atoms with Gasteiger partial charge in [-0.1, -0.05) is 0 Å². The lowest BCUT2D eigenvalue weighted by atomic mass is 10.3. The summed E-state index contributed by atoms with van der Waals surface area (Å²) in [6, 6.07) is -1.13. The van der Waals surface area contributed by atoms with E-state index in [9.17, 15) is 18.0 Å². The van der Waals surface area contributed by atoms with Crippen molar-refractivity contribution < 1.29 is 27.9 Å². The highest BCUT2D eigenvalue weighted by Gasteiger charge is 2.27. The number of hydrogen-bond acceptors (Lipinski definition) is 5. The molecule has 0 aromatic rings. The Bertz CT molecular complexity index is 391. The van der Waals surface area contributed by atoms with Gasteiger partial charge in [0, 0.05) is 13.5 Å². The third-order valence-electron chi connectivity index (χ3n) is 2.43. The summed E-state index contributed by atoms with van der Waals surface area (Å²) in [6.07, 6.45) is 0.111. The minimum absolute atomic E-state index is 0.00234. The van der Waals surface area contributed by atoms with E-state index in [1.54, 1.807) is 6.92 Å². The van der Waals surface area contributed by atoms with Crippen LogP contribution in [0.2, 0.25) is 0 Å². The first-order chi connectivity index (χ1) is 8.22. The lowest BCUT2D eigenvalue weighted by molar-refractivity contribution is -0.143. The Morgan fingerprint density at radius 1 is 1.39 bits per heavy atom. The summed E-state index contributed by atoms with van der Waals surface area (Å²) in [7, 11) is -2.46. The van der Waals surface area contributed by atoms with Crippen molar-refractivity contribution >= 4 is 22.0 Å². The van der Waals surface area contributed by atoms with Gasteiger partial charge in [0.05, 0.1) is 12.4 Å². The van der Waals surface area contributed by atoms with Crippen molar-refractivity contribution in [3.63, 3.8) is 0 Å². The van der Waals surface area contributed by atoms with Crippen LogP contribution in [0.5, 0.6) is 0 Å². The highest BCUT2D eigenvalue weighted by molar-refractivity contribution is 7.89. The molecule has 0 heterocycles. The van der Waals surface area contributed by atoms with Gasteiger partial charge in [0.25, 0.3) is 0 Å². The Morgan fingerprint density at radius 2 is 1.94 bits per heavy atom. The fourth-order valence-electron chi connectivity index (χ4n) is 1.17. The maximum absolute atomic E-state index is 11.7. The summed E-state index contributed by atoms with van der Waals surface area (Å²) in [5.41, 5.74) is 0. The molecule has 7 nitrogen and oxygen atoms in total. The summed E-state index contributed by atoms with van der Waals surface area (Å²) in [4.78, 5) is 21.7. The number of esters is 1. The molecule has 0 aliphatic rings. The average molecular weight is 281 g/mol. The number of rotatable bonds is 8. The van der Waals surface area contributed by atoms with Crippen LogP contribution in [0.15, 0.2) is 0 Å². The zero-order chi connectivity index (χ0) is 14.3. The van der Waals surface area contributed by atoms with Crippen molar-refractivity contribution in [3.05, 3.63) is 0 Å². The molecule has 0 rings (SSSR count). The lowest BCUT2D eigenvalue weighted by Gasteiger charge is -2.20. The number of ether oxygens (including phenoxy) is 1. The van der Waals surface area contributed by atoms with Gasteiger partial charge in [-0.2, -0.15) is 4.31 Å². The number of hydrogen-bond donors (Lipinski definition) is 1. The van der Waals surface area contributed by atoms with Gasteiger partial charge < -0.3 is 9.84 Å². The summed E-state index contributed by atoms with van der Waals surface area (Å²) in [5, 5.41) is 8.72. The summed E-state index contributed by atoms with van der Waals surface area (Å²) < 4.78 is 28.9. The van der Waals surface area contributed by atoms with Gasteiger partial charge in [0.2, 0.25) is 10.0 Å². The standard InChI is InChI=1S/C10H19NO6S/c1-4-17-9(12)6-5-7-18(15,16)11(3)8(2)10(13)14/h8H,4-7H2,1-3H3,(H,13,14). The number of carbonyl (C=O) groups excluding carboxylic acids is 1. The van der Waals surface area contributed by atoms with E-state index in [1.807, 2.05) is 0 Å². The molecule has 0 aromatic heterocycles. The van der Waals surface area contributed by atoms with Crippen LogP contribution in [-0.4, -0.2) is 55.2 Å². The molecule has 0 bridgehead atoms. The molecule has 106 valence electrons. The van der Waals surface area contributed by atoms with Gasteiger partial charge >= 0.3 is 11.9 Å². The van der Waals surface area contributed by atoms with Crippen LogP contribution in [0.25, 0.3) is 0 Å². The molecule has 18 heavy (non-hydrogen) atoms. The second-order valence-electron chi connectivity index (χ2n) is 3.76. The van der Waals surface area contributed by atoms with Crippen LogP contribution in [0, 0.1) is 0 Å². The third kappa shape index (κ3) is 5.46. The topological polar surface area (TPSA) is 101 Å². The smallest absolute Gasteiger partial charge is 0.321 e. The third-order valence-corrected chi connectivity index (χ3v) is 4.43. The number of carboxylic acids is 1. The predicted octanol–water partition coefficient (Wildman–Crippen LogP) is 0.0644. The first kappa shape index (κ1) is 16.9. The quantitative estimate of drug-likeness (QED) is 0.631. The highest BCUT2D eigenvalue weighted by Crippen LogP contribution is 2.08. The van der Waals surface area contributed by atoms with E-state index in [2.05, 4.69) is 4.74 Å². The predicted molar refractivity (Wildman–Crippen MR) is 64.5 cm³/mol. The van der Waals surface area contributed by atoms with Crippen molar-refractivity contribution in [1.82, 2.24) is 4.31 Å². The monoisotopic (exact) mass is 281 g/mol. The Labute approximate surface area is 107 Å². The van der Waals surface area contributed by atoms with E-state index in [0.717, 1.165) is 4.31 Å². The van der Waals surface area contributed by atoms with Crippen LogP contribution in [0.1, 0.15) is 26.7 Å². The largest absolute Gasteiger partial charge is 0.480 e. The molecule has 8 heteroatoms. The molecule has 0 fully saturated rings. The minimum atomic E-state index is -3.67. The highest BCUT2D eigenvalue weighted by atomic mass is 32.2. The van der Waals surface area contributed by atoms with Gasteiger partial charge in [0.15, 0.2) is 0 Å². The molecule has 0 amide bonds. The Kier molecular flexibility index (Phi) is 6.85. The molecule has 0 aliphatic carbocycles. The van der Waals surface area contributed by atoms with Crippen molar-refractivity contribution in [2.45, 2.75) is 32.7 Å². The van der Waals surface area contributed by atoms with E-state index >= 15 is 0 Å². The molecule has 0 saturated heterocycles. The Balaban J connectivity index is 4.32. The van der Waals surface area contributed by atoms with Gasteiger partial charge in [-0.3, -0.25) is 9.59 Å². The second kappa shape index (κ2) is 7.32. The van der Waals surface area contributed by atoms with Gasteiger partial charge in [-0.15, -0.1) is 0 Å². The number of aliphatic carboxylic acids is 1. The van der Waals surface area contributed by atoms with Crippen LogP contribution in [0.4, 0.5) is 0 Å². The molecule has 1 unspecified atom stereocenters. The van der Waals surface area contributed by atoms with E-state index in [1.165, 1.54) is 14.0 Å². The minimum Gasteiger partial charge on any atom is -0.480 e. The lowest BCUT2D eigenvalue weighted by Crippen LogP contribution is -2.41. The molecular formula is C10H19NO6S. The van der Waals surface area contributed by atoms with E-state index in [-0.39, 0.29) is 25.2 Å².